The van der Waals surface area contributed by atoms with E-state index < -0.39 is 29.6 Å². The van der Waals surface area contributed by atoms with Crippen molar-refractivity contribution in [3.05, 3.63) is 0 Å². The Kier molecular flexibility index (Phi) is 2.97. The van der Waals surface area contributed by atoms with Gasteiger partial charge in [0.2, 0.25) is 5.91 Å². The van der Waals surface area contributed by atoms with Gasteiger partial charge in [-0.05, 0) is 20.8 Å². The Labute approximate surface area is 87.4 Å². The molecule has 0 radical (unpaired) electrons. The Morgan fingerprint density at radius 2 is 2.07 bits per heavy atom. The summed E-state index contributed by atoms with van der Waals surface area (Å²) >= 11 is 0. The van der Waals surface area contributed by atoms with E-state index in [1.807, 2.05) is 0 Å². The normalized spacial score (nSPS) is 21.1. The van der Waals surface area contributed by atoms with Crippen LogP contribution in [0.15, 0.2) is 0 Å². The molecule has 84 valence electrons. The molecule has 6 heteroatoms. The third-order valence-corrected chi connectivity index (χ3v) is 1.65. The highest BCUT2D eigenvalue weighted by Crippen LogP contribution is 2.08. The second-order valence-corrected chi connectivity index (χ2v) is 4.39. The van der Waals surface area contributed by atoms with Crippen LogP contribution in [0.2, 0.25) is 0 Å². The van der Waals surface area contributed by atoms with E-state index in [1.54, 1.807) is 20.8 Å². The van der Waals surface area contributed by atoms with Gasteiger partial charge in [-0.2, -0.15) is 0 Å². The van der Waals surface area contributed by atoms with Crippen molar-refractivity contribution in [2.75, 3.05) is 0 Å². The molecular formula is C9H14N2O4. The summed E-state index contributed by atoms with van der Waals surface area (Å²) in [5.41, 5.74) is -0.434. The fourth-order valence-corrected chi connectivity index (χ4v) is 1.09. The zero-order valence-electron chi connectivity index (χ0n) is 8.92. The first kappa shape index (κ1) is 11.5. The van der Waals surface area contributed by atoms with Crippen molar-refractivity contribution in [3.8, 4) is 0 Å². The van der Waals surface area contributed by atoms with Crippen LogP contribution in [0.4, 0.5) is 4.79 Å². The molecule has 0 spiro atoms. The first-order valence-electron chi connectivity index (χ1n) is 4.60. The van der Waals surface area contributed by atoms with Crippen LogP contribution in [0.5, 0.6) is 0 Å². The summed E-state index contributed by atoms with van der Waals surface area (Å²) in [5, 5.41) is 4.58. The van der Waals surface area contributed by atoms with Crippen LogP contribution < -0.4 is 10.6 Å². The van der Waals surface area contributed by atoms with Gasteiger partial charge in [-0.25, -0.2) is 4.79 Å². The van der Waals surface area contributed by atoms with Crippen molar-refractivity contribution in [2.24, 2.45) is 0 Å². The molecule has 15 heavy (non-hydrogen) atoms. The largest absolute Gasteiger partial charge is 0.436 e. The SMILES string of the molecule is CC(C)(C)NC(=O)O[C@@H]1CC(=O)NC1=O. The smallest absolute Gasteiger partial charge is 0.408 e. The Morgan fingerprint density at radius 3 is 2.47 bits per heavy atom. The van der Waals surface area contributed by atoms with Gasteiger partial charge in [-0.1, -0.05) is 0 Å². The highest BCUT2D eigenvalue weighted by molar-refractivity contribution is 6.05. The lowest BCUT2D eigenvalue weighted by atomic mass is 10.1. The number of alkyl carbamates (subject to hydrolysis) is 1. The maximum Gasteiger partial charge on any atom is 0.408 e. The highest BCUT2D eigenvalue weighted by Gasteiger charge is 2.34. The molecule has 0 saturated carbocycles. The molecule has 3 amide bonds. The van der Waals surface area contributed by atoms with Crippen molar-refractivity contribution in [2.45, 2.75) is 38.8 Å². The topological polar surface area (TPSA) is 84.5 Å². The number of rotatable bonds is 1. The van der Waals surface area contributed by atoms with E-state index in [2.05, 4.69) is 10.6 Å². The number of ether oxygens (including phenoxy) is 1. The van der Waals surface area contributed by atoms with Gasteiger partial charge in [0.05, 0.1) is 6.42 Å². The molecule has 6 nitrogen and oxygen atoms in total. The maximum atomic E-state index is 11.2. The molecule has 1 heterocycles. The van der Waals surface area contributed by atoms with Crippen LogP contribution in [0.3, 0.4) is 0 Å². The van der Waals surface area contributed by atoms with Gasteiger partial charge in [0.1, 0.15) is 0 Å². The van der Waals surface area contributed by atoms with Crippen molar-refractivity contribution < 1.29 is 19.1 Å². The molecule has 0 aliphatic carbocycles. The molecule has 0 unspecified atom stereocenters. The van der Waals surface area contributed by atoms with Crippen LogP contribution in [-0.4, -0.2) is 29.6 Å². The molecule has 0 aromatic heterocycles. The molecule has 1 saturated heterocycles. The van der Waals surface area contributed by atoms with Gasteiger partial charge in [-0.3, -0.25) is 14.9 Å². The van der Waals surface area contributed by atoms with E-state index >= 15 is 0 Å². The van der Waals surface area contributed by atoms with Gasteiger partial charge in [0, 0.05) is 5.54 Å². The van der Waals surface area contributed by atoms with E-state index in [1.165, 1.54) is 0 Å². The Balaban J connectivity index is 2.45. The number of hydrogen-bond donors (Lipinski definition) is 2. The van der Waals surface area contributed by atoms with Crippen molar-refractivity contribution in [3.63, 3.8) is 0 Å². The molecule has 1 fully saturated rings. The Bertz CT molecular complexity index is 306. The standard InChI is InChI=1S/C9H14N2O4/c1-9(2,3)11-8(14)15-5-4-6(12)10-7(5)13/h5H,4H2,1-3H3,(H,11,14)(H,10,12,13)/t5-/m1/s1. The molecule has 1 aliphatic rings. The molecule has 1 rings (SSSR count). The van der Waals surface area contributed by atoms with Crippen LogP contribution in [0.1, 0.15) is 27.2 Å². The number of imide groups is 1. The Morgan fingerprint density at radius 1 is 1.47 bits per heavy atom. The molecular weight excluding hydrogens is 200 g/mol. The number of carbonyl (C=O) groups excluding carboxylic acids is 3. The fraction of sp³-hybridized carbons (Fsp3) is 0.667. The van der Waals surface area contributed by atoms with Crippen molar-refractivity contribution in [1.29, 1.82) is 0 Å². The summed E-state index contributed by atoms with van der Waals surface area (Å²) in [4.78, 5) is 33.1. The van der Waals surface area contributed by atoms with E-state index in [-0.39, 0.29) is 6.42 Å². The minimum absolute atomic E-state index is 0.101. The summed E-state index contributed by atoms with van der Waals surface area (Å²) in [5.74, 6) is -0.988. The summed E-state index contributed by atoms with van der Waals surface area (Å²) in [6, 6.07) is 0. The van der Waals surface area contributed by atoms with Gasteiger partial charge >= 0.3 is 6.09 Å². The van der Waals surface area contributed by atoms with Crippen LogP contribution in [0, 0.1) is 0 Å². The van der Waals surface area contributed by atoms with Gasteiger partial charge in [0.15, 0.2) is 6.10 Å². The third kappa shape index (κ3) is 3.57. The molecule has 0 bridgehead atoms. The fourth-order valence-electron chi connectivity index (χ4n) is 1.09. The van der Waals surface area contributed by atoms with E-state index in [9.17, 15) is 14.4 Å². The molecule has 1 aliphatic heterocycles. The average molecular weight is 214 g/mol. The van der Waals surface area contributed by atoms with Gasteiger partial charge in [0.25, 0.3) is 5.91 Å². The first-order chi connectivity index (χ1) is 6.78. The lowest BCUT2D eigenvalue weighted by molar-refractivity contribution is -0.127. The second kappa shape index (κ2) is 3.88. The third-order valence-electron chi connectivity index (χ3n) is 1.65. The second-order valence-electron chi connectivity index (χ2n) is 4.39. The number of nitrogens with one attached hydrogen (secondary N) is 2. The van der Waals surface area contributed by atoms with Crippen LogP contribution in [-0.2, 0) is 14.3 Å². The molecule has 0 aromatic rings. The lowest BCUT2D eigenvalue weighted by Gasteiger charge is -2.20. The van der Waals surface area contributed by atoms with Crippen molar-refractivity contribution in [1.82, 2.24) is 10.6 Å². The van der Waals surface area contributed by atoms with Crippen LogP contribution >= 0.6 is 0 Å². The monoisotopic (exact) mass is 214 g/mol. The summed E-state index contributed by atoms with van der Waals surface area (Å²) in [7, 11) is 0. The predicted molar refractivity (Wildman–Crippen MR) is 50.9 cm³/mol. The minimum Gasteiger partial charge on any atom is -0.436 e. The van der Waals surface area contributed by atoms with E-state index in [4.69, 9.17) is 4.74 Å². The first-order valence-corrected chi connectivity index (χ1v) is 4.60. The maximum absolute atomic E-state index is 11.2. The molecule has 0 aromatic carbocycles. The quantitative estimate of drug-likeness (QED) is 0.598. The van der Waals surface area contributed by atoms with Crippen molar-refractivity contribution >= 4 is 17.9 Å². The average Bonchev–Trinajstić information content (AvgIpc) is 2.25. The number of hydrogen-bond acceptors (Lipinski definition) is 4. The summed E-state index contributed by atoms with van der Waals surface area (Å²) in [6.07, 6.45) is -1.80. The van der Waals surface area contributed by atoms with E-state index in [0.717, 1.165) is 0 Å². The minimum atomic E-state index is -1.00. The number of carbonyl (C=O) groups is 3. The van der Waals surface area contributed by atoms with Gasteiger partial charge in [-0.15, -0.1) is 0 Å². The zero-order chi connectivity index (χ0) is 11.6. The predicted octanol–water partition coefficient (Wildman–Crippen LogP) is -0.0738. The van der Waals surface area contributed by atoms with Gasteiger partial charge < -0.3 is 10.1 Å². The van der Waals surface area contributed by atoms with Crippen LogP contribution in [0.25, 0.3) is 0 Å². The zero-order valence-corrected chi connectivity index (χ0v) is 8.92. The Hall–Kier alpha value is -1.59. The summed E-state index contributed by atoms with van der Waals surface area (Å²) < 4.78 is 4.79. The number of amides is 3. The molecule has 2 N–H and O–H groups in total. The highest BCUT2D eigenvalue weighted by atomic mass is 16.6. The van der Waals surface area contributed by atoms with E-state index in [0.29, 0.717) is 0 Å². The summed E-state index contributed by atoms with van der Waals surface area (Å²) in [6.45, 7) is 5.36. The molecule has 1 atom stereocenters. The lowest BCUT2D eigenvalue weighted by Crippen LogP contribution is -2.43.